The lowest BCUT2D eigenvalue weighted by atomic mass is 9.43. The number of alkyl halides is 3. The molecule has 7 heteroatoms. The maximum Gasteiger partial charge on any atom is 0.358 e. The van der Waals surface area contributed by atoms with Gasteiger partial charge < -0.3 is 14.2 Å². The normalized spacial score (nSPS) is 49.8. The van der Waals surface area contributed by atoms with Gasteiger partial charge in [0.25, 0.3) is 0 Å². The molecule has 9 rings (SSSR count). The summed E-state index contributed by atoms with van der Waals surface area (Å²) in [7, 11) is 0. The highest BCUT2D eigenvalue weighted by atomic mass is 19.3. The Balaban J connectivity index is 1.16. The highest BCUT2D eigenvalue weighted by Gasteiger charge is 2.67. The summed E-state index contributed by atoms with van der Waals surface area (Å²) in [6.07, 6.45) is 10.1. The third kappa shape index (κ3) is 4.89. The number of nitrogens with zero attached hydrogens (tertiary/aromatic N) is 1. The summed E-state index contributed by atoms with van der Waals surface area (Å²) in [5, 5.41) is 9.90. The van der Waals surface area contributed by atoms with Crippen molar-refractivity contribution in [1.82, 2.24) is 0 Å². The fraction of sp³-hybridized carbons (Fsp3) is 0.971. The van der Waals surface area contributed by atoms with Gasteiger partial charge in [-0.15, -0.1) is 0 Å². The summed E-state index contributed by atoms with van der Waals surface area (Å²) in [5.41, 5.74) is -0.0902. The third-order valence-electron chi connectivity index (χ3n) is 13.4. The smallest absolute Gasteiger partial charge is 0.353 e. The Morgan fingerprint density at radius 3 is 2.17 bits per heavy atom. The van der Waals surface area contributed by atoms with Crippen LogP contribution >= 0.6 is 0 Å². The molecule has 9 aliphatic rings. The molecule has 10 atom stereocenters. The van der Waals surface area contributed by atoms with Crippen molar-refractivity contribution in [1.29, 1.82) is 5.26 Å². The molecule has 3 heterocycles. The fourth-order valence-corrected chi connectivity index (χ4v) is 12.1. The third-order valence-corrected chi connectivity index (χ3v) is 13.4. The van der Waals surface area contributed by atoms with E-state index in [1.807, 2.05) is 6.92 Å². The van der Waals surface area contributed by atoms with Gasteiger partial charge in [-0.3, -0.25) is 0 Å². The number of hydrogen-bond donors (Lipinski definition) is 0. The zero-order valence-corrected chi connectivity index (χ0v) is 25.1. The molecule has 0 aromatic rings. The van der Waals surface area contributed by atoms with Gasteiger partial charge in [0.15, 0.2) is 6.29 Å². The van der Waals surface area contributed by atoms with Crippen LogP contribution in [0, 0.1) is 69.5 Å². The van der Waals surface area contributed by atoms with E-state index in [9.17, 15) is 5.26 Å². The van der Waals surface area contributed by atoms with E-state index in [1.54, 1.807) is 0 Å². The Labute approximate surface area is 244 Å². The molecular weight excluding hydrogens is 527 g/mol. The molecule has 0 aromatic heterocycles. The standard InChI is InChI=1S/C34H50F3NO3/c1-3-24(32-15-23-11-28(18-32)34(36,37)40-29(12-23)19-32)13-25(8-21(2)20-38)31-14-22-9-26(16-31)33(35,27(10-22)17-31)41-30-6-4-5-7-39-30/h21-30H,3-19H2,1-2H3. The van der Waals surface area contributed by atoms with Crippen molar-refractivity contribution in [2.45, 2.75) is 141 Å². The van der Waals surface area contributed by atoms with Crippen molar-refractivity contribution < 1.29 is 27.4 Å². The number of hydrogen-bond acceptors (Lipinski definition) is 4. The summed E-state index contributed by atoms with van der Waals surface area (Å²) in [5.74, 6) is -1.11. The number of fused-ring (bicyclic) bond motifs is 1. The van der Waals surface area contributed by atoms with E-state index in [1.165, 1.54) is 0 Å². The molecular formula is C34H50F3NO3. The first-order valence-corrected chi connectivity index (χ1v) is 17.0. The van der Waals surface area contributed by atoms with Crippen LogP contribution in [0.1, 0.15) is 117 Å². The van der Waals surface area contributed by atoms with E-state index < -0.39 is 24.2 Å². The Kier molecular flexibility index (Phi) is 7.31. The van der Waals surface area contributed by atoms with Crippen LogP contribution in [0.4, 0.5) is 13.2 Å². The van der Waals surface area contributed by atoms with Crippen LogP contribution in [0.25, 0.3) is 0 Å². The van der Waals surface area contributed by atoms with Crippen LogP contribution < -0.4 is 0 Å². The quantitative estimate of drug-likeness (QED) is 0.275. The summed E-state index contributed by atoms with van der Waals surface area (Å²) >= 11 is 0. The lowest BCUT2D eigenvalue weighted by Gasteiger charge is -2.65. The van der Waals surface area contributed by atoms with Crippen molar-refractivity contribution in [2.75, 3.05) is 6.61 Å². The van der Waals surface area contributed by atoms with Crippen LogP contribution in [0.2, 0.25) is 0 Å². The van der Waals surface area contributed by atoms with E-state index in [-0.39, 0.29) is 34.7 Å². The van der Waals surface area contributed by atoms with Gasteiger partial charge in [0, 0.05) is 24.4 Å². The van der Waals surface area contributed by atoms with Gasteiger partial charge in [0.2, 0.25) is 5.85 Å². The van der Waals surface area contributed by atoms with Gasteiger partial charge in [-0.25, -0.2) is 4.39 Å². The molecule has 41 heavy (non-hydrogen) atoms. The second-order valence-corrected chi connectivity index (χ2v) is 15.9. The summed E-state index contributed by atoms with van der Waals surface area (Å²) in [6, 6.07) is 2.51. The van der Waals surface area contributed by atoms with E-state index in [2.05, 4.69) is 13.0 Å². The predicted molar refractivity (Wildman–Crippen MR) is 148 cm³/mol. The minimum atomic E-state index is -3.01. The Morgan fingerprint density at radius 2 is 1.51 bits per heavy atom. The lowest BCUT2D eigenvalue weighted by molar-refractivity contribution is -0.352. The Morgan fingerprint density at radius 1 is 0.854 bits per heavy atom. The molecule has 8 bridgehead atoms. The molecule has 0 N–H and O–H groups in total. The van der Waals surface area contributed by atoms with Crippen LogP contribution in [0.3, 0.4) is 0 Å². The van der Waals surface area contributed by atoms with Gasteiger partial charge in [0.1, 0.15) is 0 Å². The Hall–Kier alpha value is -0.840. The molecule has 0 amide bonds. The second-order valence-electron chi connectivity index (χ2n) is 15.9. The Bertz CT molecular complexity index is 1010. The second kappa shape index (κ2) is 10.4. The highest BCUT2D eigenvalue weighted by Crippen LogP contribution is 2.70. The van der Waals surface area contributed by atoms with Crippen molar-refractivity contribution >= 4 is 0 Å². The number of rotatable bonds is 9. The number of ether oxygens (including phenoxy) is 3. The molecule has 3 aliphatic heterocycles. The summed E-state index contributed by atoms with van der Waals surface area (Å²) in [4.78, 5) is 0. The summed E-state index contributed by atoms with van der Waals surface area (Å²) in [6.45, 7) is 4.92. The molecule has 3 saturated heterocycles. The van der Waals surface area contributed by atoms with Gasteiger partial charge in [-0.1, -0.05) is 13.3 Å². The van der Waals surface area contributed by atoms with Crippen molar-refractivity contribution in [2.24, 2.45) is 58.2 Å². The SMILES string of the molecule is CCC(CC(CC(C)C#N)C12CC3CC(C1)C(F)(OC1CCCCO1)C(C3)C2)C12CC3CC(C1)OC(F)(F)C(C3)C2. The highest BCUT2D eigenvalue weighted by molar-refractivity contribution is 5.12. The minimum Gasteiger partial charge on any atom is -0.353 e. The van der Waals surface area contributed by atoms with E-state index in [4.69, 9.17) is 14.2 Å². The zero-order chi connectivity index (χ0) is 28.6. The van der Waals surface area contributed by atoms with E-state index in [0.717, 1.165) is 89.9 Å². The van der Waals surface area contributed by atoms with Crippen molar-refractivity contribution in [3.8, 4) is 6.07 Å². The molecule has 4 nitrogen and oxygen atoms in total. The fourth-order valence-electron chi connectivity index (χ4n) is 12.1. The molecule has 6 aliphatic carbocycles. The maximum absolute atomic E-state index is 16.9. The van der Waals surface area contributed by atoms with Gasteiger partial charge >= 0.3 is 6.11 Å². The van der Waals surface area contributed by atoms with Gasteiger partial charge in [-0.05, 0) is 138 Å². The molecule has 230 valence electrons. The monoisotopic (exact) mass is 577 g/mol. The molecule has 9 fully saturated rings. The molecule has 0 spiro atoms. The van der Waals surface area contributed by atoms with Gasteiger partial charge in [0.05, 0.1) is 18.1 Å². The van der Waals surface area contributed by atoms with E-state index >= 15 is 13.2 Å². The lowest BCUT2D eigenvalue weighted by Crippen LogP contribution is -2.63. The topological polar surface area (TPSA) is 51.5 Å². The van der Waals surface area contributed by atoms with Gasteiger partial charge in [-0.2, -0.15) is 14.0 Å². The average molecular weight is 578 g/mol. The number of nitriles is 1. The molecule has 10 unspecified atom stereocenters. The first-order chi connectivity index (χ1) is 19.6. The molecule has 6 saturated carbocycles. The first kappa shape index (κ1) is 28.9. The van der Waals surface area contributed by atoms with Crippen LogP contribution in [-0.4, -0.2) is 31.0 Å². The molecule has 0 aromatic carbocycles. The van der Waals surface area contributed by atoms with Crippen LogP contribution in [0.15, 0.2) is 0 Å². The van der Waals surface area contributed by atoms with Crippen molar-refractivity contribution in [3.05, 3.63) is 0 Å². The predicted octanol–water partition coefficient (Wildman–Crippen LogP) is 8.79. The van der Waals surface area contributed by atoms with Crippen LogP contribution in [0.5, 0.6) is 0 Å². The first-order valence-electron chi connectivity index (χ1n) is 17.0. The van der Waals surface area contributed by atoms with Crippen LogP contribution in [-0.2, 0) is 14.2 Å². The summed E-state index contributed by atoms with van der Waals surface area (Å²) < 4.78 is 64.6. The zero-order valence-electron chi connectivity index (χ0n) is 25.1. The minimum absolute atomic E-state index is 0.0141. The average Bonchev–Trinajstić information content (AvgIpc) is 3.06. The molecule has 0 radical (unpaired) electrons. The largest absolute Gasteiger partial charge is 0.358 e. The van der Waals surface area contributed by atoms with Crippen molar-refractivity contribution in [3.63, 3.8) is 0 Å². The maximum atomic E-state index is 16.9. The van der Waals surface area contributed by atoms with E-state index in [0.29, 0.717) is 43.1 Å². The number of halogens is 3.